The van der Waals surface area contributed by atoms with Gasteiger partial charge in [0, 0.05) is 44.4 Å². The van der Waals surface area contributed by atoms with E-state index >= 15 is 0 Å². The quantitative estimate of drug-likeness (QED) is 0.648. The monoisotopic (exact) mass is 390 g/mol. The number of nitrogens with zero attached hydrogens (tertiary/aromatic N) is 4. The third-order valence-electron chi connectivity index (χ3n) is 5.30. The van der Waals surface area contributed by atoms with Crippen LogP contribution in [0.1, 0.15) is 5.56 Å². The fraction of sp³-hybridized carbons (Fsp3) is 0.304. The van der Waals surface area contributed by atoms with Crippen molar-refractivity contribution in [2.24, 2.45) is 0 Å². The van der Waals surface area contributed by atoms with Gasteiger partial charge in [-0.05, 0) is 35.9 Å². The molecule has 1 aromatic heterocycles. The largest absolute Gasteiger partial charge is 0.497 e. The SMILES string of the molecule is COc1ccc(-c2ccc(=O)n(CN3CCN(Cc4ccccc4)CC3)n2)cc1. The lowest BCUT2D eigenvalue weighted by atomic mass is 10.1. The zero-order valence-corrected chi connectivity index (χ0v) is 16.7. The van der Waals surface area contributed by atoms with Gasteiger partial charge in [0.2, 0.25) is 0 Å². The minimum absolute atomic E-state index is 0.0750. The van der Waals surface area contributed by atoms with Gasteiger partial charge in [-0.15, -0.1) is 0 Å². The van der Waals surface area contributed by atoms with Crippen molar-refractivity contribution >= 4 is 0 Å². The molecule has 1 fully saturated rings. The predicted molar refractivity (Wildman–Crippen MR) is 114 cm³/mol. The molecule has 2 aromatic carbocycles. The van der Waals surface area contributed by atoms with E-state index in [9.17, 15) is 4.79 Å². The summed E-state index contributed by atoms with van der Waals surface area (Å²) in [5, 5.41) is 4.59. The first-order chi connectivity index (χ1) is 14.2. The lowest BCUT2D eigenvalue weighted by Gasteiger charge is -2.34. The van der Waals surface area contributed by atoms with Gasteiger partial charge in [-0.1, -0.05) is 30.3 Å². The number of ether oxygens (including phenoxy) is 1. The molecule has 6 nitrogen and oxygen atoms in total. The van der Waals surface area contributed by atoms with Crippen molar-refractivity contribution in [1.29, 1.82) is 0 Å². The fourth-order valence-electron chi connectivity index (χ4n) is 3.59. The van der Waals surface area contributed by atoms with Gasteiger partial charge in [0.1, 0.15) is 5.75 Å². The highest BCUT2D eigenvalue weighted by Gasteiger charge is 2.18. The van der Waals surface area contributed by atoms with E-state index in [0.717, 1.165) is 49.7 Å². The van der Waals surface area contributed by atoms with E-state index in [1.807, 2.05) is 30.3 Å². The lowest BCUT2D eigenvalue weighted by Crippen LogP contribution is -2.47. The van der Waals surface area contributed by atoms with Crippen LogP contribution >= 0.6 is 0 Å². The highest BCUT2D eigenvalue weighted by atomic mass is 16.5. The molecule has 29 heavy (non-hydrogen) atoms. The molecule has 3 aromatic rings. The first-order valence-corrected chi connectivity index (χ1v) is 9.92. The fourth-order valence-corrected chi connectivity index (χ4v) is 3.59. The molecule has 150 valence electrons. The molecule has 0 unspecified atom stereocenters. The molecular weight excluding hydrogens is 364 g/mol. The topological polar surface area (TPSA) is 50.6 Å². The third-order valence-corrected chi connectivity index (χ3v) is 5.30. The lowest BCUT2D eigenvalue weighted by molar-refractivity contribution is 0.0971. The Morgan fingerprint density at radius 3 is 2.24 bits per heavy atom. The summed E-state index contributed by atoms with van der Waals surface area (Å²) in [7, 11) is 1.65. The normalized spacial score (nSPS) is 15.3. The summed E-state index contributed by atoms with van der Waals surface area (Å²) in [5.74, 6) is 0.801. The van der Waals surface area contributed by atoms with E-state index in [4.69, 9.17) is 4.74 Å². The highest BCUT2D eigenvalue weighted by Crippen LogP contribution is 2.19. The minimum Gasteiger partial charge on any atom is -0.497 e. The van der Waals surface area contributed by atoms with E-state index in [2.05, 4.69) is 39.2 Å². The van der Waals surface area contributed by atoms with Crippen LogP contribution in [0.5, 0.6) is 5.75 Å². The molecule has 0 aliphatic carbocycles. The summed E-state index contributed by atoms with van der Waals surface area (Å²) in [6, 6.07) is 21.6. The standard InChI is InChI=1S/C23H26N4O2/c1-29-21-9-7-20(8-10-21)22-11-12-23(28)27(24-22)18-26-15-13-25(14-16-26)17-19-5-3-2-4-6-19/h2-12H,13-18H2,1H3. The van der Waals surface area contributed by atoms with Gasteiger partial charge in [0.05, 0.1) is 19.5 Å². The van der Waals surface area contributed by atoms with Gasteiger partial charge in [0.25, 0.3) is 5.56 Å². The van der Waals surface area contributed by atoms with Crippen LogP contribution in [0.4, 0.5) is 0 Å². The van der Waals surface area contributed by atoms with Crippen LogP contribution < -0.4 is 10.3 Å². The van der Waals surface area contributed by atoms with E-state index < -0.39 is 0 Å². The van der Waals surface area contributed by atoms with Crippen LogP contribution in [0.3, 0.4) is 0 Å². The average molecular weight is 390 g/mol. The Balaban J connectivity index is 1.39. The molecule has 0 spiro atoms. The summed E-state index contributed by atoms with van der Waals surface area (Å²) in [6.07, 6.45) is 0. The second-order valence-corrected chi connectivity index (χ2v) is 7.31. The summed E-state index contributed by atoms with van der Waals surface area (Å²) >= 11 is 0. The van der Waals surface area contributed by atoms with E-state index in [1.165, 1.54) is 5.56 Å². The number of benzene rings is 2. The number of hydrogen-bond donors (Lipinski definition) is 0. The molecule has 0 atom stereocenters. The second-order valence-electron chi connectivity index (χ2n) is 7.31. The van der Waals surface area contributed by atoms with Gasteiger partial charge in [0.15, 0.2) is 0 Å². The molecule has 0 bridgehead atoms. The molecule has 6 heteroatoms. The van der Waals surface area contributed by atoms with Crippen LogP contribution in [0.25, 0.3) is 11.3 Å². The van der Waals surface area contributed by atoms with Gasteiger partial charge in [-0.25, -0.2) is 4.68 Å². The smallest absolute Gasteiger partial charge is 0.268 e. The molecule has 1 aliphatic rings. The van der Waals surface area contributed by atoms with E-state index in [-0.39, 0.29) is 5.56 Å². The van der Waals surface area contributed by atoms with Crippen molar-refractivity contribution in [1.82, 2.24) is 19.6 Å². The van der Waals surface area contributed by atoms with Crippen LogP contribution in [-0.2, 0) is 13.2 Å². The van der Waals surface area contributed by atoms with Gasteiger partial charge in [-0.3, -0.25) is 14.6 Å². The molecule has 0 radical (unpaired) electrons. The zero-order valence-electron chi connectivity index (χ0n) is 16.7. The van der Waals surface area contributed by atoms with Crippen molar-refractivity contribution in [2.45, 2.75) is 13.2 Å². The van der Waals surface area contributed by atoms with Crippen LogP contribution in [0.2, 0.25) is 0 Å². The second kappa shape index (κ2) is 9.03. The number of methoxy groups -OCH3 is 1. The van der Waals surface area contributed by atoms with Gasteiger partial charge < -0.3 is 4.74 Å². The molecule has 4 rings (SSSR count). The first-order valence-electron chi connectivity index (χ1n) is 9.92. The molecule has 1 saturated heterocycles. The molecule has 0 N–H and O–H groups in total. The Labute approximate surface area is 171 Å². The average Bonchev–Trinajstić information content (AvgIpc) is 2.77. The Hall–Kier alpha value is -2.96. The molecule has 0 amide bonds. The van der Waals surface area contributed by atoms with Crippen LogP contribution in [0.15, 0.2) is 71.5 Å². The summed E-state index contributed by atoms with van der Waals surface area (Å²) in [5.41, 5.74) is 3.02. The predicted octanol–water partition coefficient (Wildman–Crippen LogP) is 2.69. The number of rotatable bonds is 6. The van der Waals surface area contributed by atoms with Gasteiger partial charge in [-0.2, -0.15) is 5.10 Å². The Morgan fingerprint density at radius 2 is 1.55 bits per heavy atom. The van der Waals surface area contributed by atoms with Crippen LogP contribution in [-0.4, -0.2) is 52.9 Å². The van der Waals surface area contributed by atoms with Crippen molar-refractivity contribution in [3.63, 3.8) is 0 Å². The van der Waals surface area contributed by atoms with Crippen molar-refractivity contribution < 1.29 is 4.74 Å². The van der Waals surface area contributed by atoms with Gasteiger partial charge >= 0.3 is 0 Å². The maximum atomic E-state index is 12.3. The summed E-state index contributed by atoms with van der Waals surface area (Å²) in [6.45, 7) is 5.31. The third kappa shape index (κ3) is 4.91. The highest BCUT2D eigenvalue weighted by molar-refractivity contribution is 5.59. The van der Waals surface area contributed by atoms with Crippen molar-refractivity contribution in [3.05, 3.63) is 82.6 Å². The maximum absolute atomic E-state index is 12.3. The Bertz CT molecular complexity index is 978. The molecule has 1 aliphatic heterocycles. The molecule has 2 heterocycles. The minimum atomic E-state index is -0.0750. The zero-order chi connectivity index (χ0) is 20.1. The summed E-state index contributed by atoms with van der Waals surface area (Å²) in [4.78, 5) is 17.1. The number of piperazine rings is 1. The van der Waals surface area contributed by atoms with Crippen molar-refractivity contribution in [3.8, 4) is 17.0 Å². The Kier molecular flexibility index (Phi) is 6.03. The molecular formula is C23H26N4O2. The van der Waals surface area contributed by atoms with E-state index in [1.54, 1.807) is 23.9 Å². The number of aromatic nitrogens is 2. The molecule has 0 saturated carbocycles. The maximum Gasteiger partial charge on any atom is 0.268 e. The first kappa shape index (κ1) is 19.4. The van der Waals surface area contributed by atoms with Crippen LogP contribution in [0, 0.1) is 0 Å². The number of hydrogen-bond acceptors (Lipinski definition) is 5. The van der Waals surface area contributed by atoms with Crippen molar-refractivity contribution in [2.75, 3.05) is 33.3 Å². The Morgan fingerprint density at radius 1 is 0.862 bits per heavy atom. The van der Waals surface area contributed by atoms with E-state index in [0.29, 0.717) is 6.67 Å². The summed E-state index contributed by atoms with van der Waals surface area (Å²) < 4.78 is 6.77.